The van der Waals surface area contributed by atoms with Crippen molar-refractivity contribution in [2.45, 2.75) is 13.8 Å². The molecule has 2 aromatic heterocycles. The first-order valence-corrected chi connectivity index (χ1v) is 10.0. The van der Waals surface area contributed by atoms with E-state index in [2.05, 4.69) is 65.4 Å². The fourth-order valence-electron chi connectivity index (χ4n) is 3.74. The van der Waals surface area contributed by atoms with Crippen LogP contribution in [0.25, 0.3) is 45.3 Å². The number of aryl methyl sites for hydroxylation is 2. The van der Waals surface area contributed by atoms with E-state index < -0.39 is 0 Å². The van der Waals surface area contributed by atoms with Crippen molar-refractivity contribution in [3.8, 4) is 45.3 Å². The van der Waals surface area contributed by atoms with E-state index in [4.69, 9.17) is 9.97 Å². The van der Waals surface area contributed by atoms with Crippen LogP contribution in [0.15, 0.2) is 84.9 Å². The lowest BCUT2D eigenvalue weighted by molar-refractivity contribution is 1.24. The summed E-state index contributed by atoms with van der Waals surface area (Å²) in [5.74, 6) is 1.75. The average Bonchev–Trinajstić information content (AvgIpc) is 3.38. The molecule has 146 valence electrons. The molecule has 30 heavy (non-hydrogen) atoms. The van der Waals surface area contributed by atoms with Crippen LogP contribution < -0.4 is 0 Å². The number of H-pyrrole nitrogens is 2. The number of rotatable bonds is 4. The molecule has 0 fully saturated rings. The maximum Gasteiger partial charge on any atom is 0.138 e. The maximum atomic E-state index is 4.83. The third kappa shape index (κ3) is 3.33. The molecular weight excluding hydrogens is 368 g/mol. The van der Waals surface area contributed by atoms with Crippen molar-refractivity contribution in [1.82, 2.24) is 19.9 Å². The molecule has 0 aliphatic carbocycles. The summed E-state index contributed by atoms with van der Waals surface area (Å²) in [7, 11) is 0. The fourth-order valence-corrected chi connectivity index (χ4v) is 3.74. The Labute approximate surface area is 175 Å². The van der Waals surface area contributed by atoms with E-state index in [0.717, 1.165) is 56.7 Å². The van der Waals surface area contributed by atoms with Gasteiger partial charge in [-0.1, -0.05) is 84.9 Å². The average molecular weight is 390 g/mol. The molecule has 0 aliphatic heterocycles. The van der Waals surface area contributed by atoms with Crippen molar-refractivity contribution < 1.29 is 0 Å². The molecule has 0 aliphatic rings. The SMILES string of the molecule is Cc1nc(-c2ccc(-c3nc(-c4ccccc4)c(C)[nH]3)cc2)[nH]c1-c1ccccc1. The lowest BCUT2D eigenvalue weighted by Crippen LogP contribution is -1.84. The summed E-state index contributed by atoms with van der Waals surface area (Å²) in [6.45, 7) is 4.09. The Hall–Kier alpha value is -3.92. The highest BCUT2D eigenvalue weighted by Gasteiger charge is 2.12. The number of aromatic nitrogens is 4. The Morgan fingerprint density at radius 1 is 0.533 bits per heavy atom. The van der Waals surface area contributed by atoms with Crippen molar-refractivity contribution in [3.05, 3.63) is 96.3 Å². The van der Waals surface area contributed by atoms with Gasteiger partial charge in [-0.05, 0) is 19.4 Å². The van der Waals surface area contributed by atoms with Gasteiger partial charge in [0.15, 0.2) is 0 Å². The molecule has 0 atom stereocenters. The summed E-state index contributed by atoms with van der Waals surface area (Å²) in [6, 6.07) is 28.9. The van der Waals surface area contributed by atoms with Gasteiger partial charge in [0.05, 0.1) is 17.1 Å². The van der Waals surface area contributed by atoms with E-state index in [9.17, 15) is 0 Å². The molecule has 5 rings (SSSR count). The van der Waals surface area contributed by atoms with Gasteiger partial charge < -0.3 is 9.97 Å². The zero-order chi connectivity index (χ0) is 20.5. The molecule has 4 heteroatoms. The first-order valence-electron chi connectivity index (χ1n) is 10.0. The zero-order valence-electron chi connectivity index (χ0n) is 17.0. The second kappa shape index (κ2) is 7.48. The monoisotopic (exact) mass is 390 g/mol. The first-order chi connectivity index (χ1) is 14.7. The minimum absolute atomic E-state index is 0.874. The van der Waals surface area contributed by atoms with Gasteiger partial charge in [0.1, 0.15) is 11.6 Å². The summed E-state index contributed by atoms with van der Waals surface area (Å²) in [6.07, 6.45) is 0. The van der Waals surface area contributed by atoms with Crippen LogP contribution in [0, 0.1) is 13.8 Å². The van der Waals surface area contributed by atoms with Crippen LogP contribution in [-0.2, 0) is 0 Å². The zero-order valence-corrected chi connectivity index (χ0v) is 17.0. The molecule has 0 saturated heterocycles. The summed E-state index contributed by atoms with van der Waals surface area (Å²) in [4.78, 5) is 16.5. The van der Waals surface area contributed by atoms with Gasteiger partial charge in [0.2, 0.25) is 0 Å². The third-order valence-corrected chi connectivity index (χ3v) is 5.31. The van der Waals surface area contributed by atoms with Crippen molar-refractivity contribution in [2.75, 3.05) is 0 Å². The van der Waals surface area contributed by atoms with E-state index in [1.807, 2.05) is 43.3 Å². The van der Waals surface area contributed by atoms with E-state index in [1.165, 1.54) is 0 Å². The fraction of sp³-hybridized carbons (Fsp3) is 0.0769. The summed E-state index contributed by atoms with van der Waals surface area (Å²) >= 11 is 0. The molecule has 0 amide bonds. The van der Waals surface area contributed by atoms with Crippen LogP contribution in [-0.4, -0.2) is 19.9 Å². The Kier molecular flexibility index (Phi) is 4.52. The largest absolute Gasteiger partial charge is 0.342 e. The van der Waals surface area contributed by atoms with Gasteiger partial charge in [-0.3, -0.25) is 0 Å². The minimum atomic E-state index is 0.874. The number of aromatic amines is 2. The van der Waals surface area contributed by atoms with Gasteiger partial charge in [-0.15, -0.1) is 0 Å². The molecular formula is C26H22N4. The van der Waals surface area contributed by atoms with Crippen LogP contribution in [0.3, 0.4) is 0 Å². The van der Waals surface area contributed by atoms with E-state index in [1.54, 1.807) is 0 Å². The Bertz CT molecular complexity index is 1180. The van der Waals surface area contributed by atoms with Crippen LogP contribution in [0.2, 0.25) is 0 Å². The van der Waals surface area contributed by atoms with Gasteiger partial charge >= 0.3 is 0 Å². The van der Waals surface area contributed by atoms with Gasteiger partial charge in [-0.2, -0.15) is 0 Å². The van der Waals surface area contributed by atoms with Gasteiger partial charge in [0, 0.05) is 22.4 Å². The smallest absolute Gasteiger partial charge is 0.138 e. The minimum Gasteiger partial charge on any atom is -0.342 e. The Morgan fingerprint density at radius 3 is 1.67 bits per heavy atom. The first kappa shape index (κ1) is 18.1. The molecule has 2 heterocycles. The molecule has 2 N–H and O–H groups in total. The predicted octanol–water partition coefficient (Wildman–Crippen LogP) is 6.42. The number of hydrogen-bond donors (Lipinski definition) is 2. The van der Waals surface area contributed by atoms with Gasteiger partial charge in [0.25, 0.3) is 0 Å². The quantitative estimate of drug-likeness (QED) is 0.372. The highest BCUT2D eigenvalue weighted by Crippen LogP contribution is 2.29. The van der Waals surface area contributed by atoms with E-state index in [0.29, 0.717) is 0 Å². The van der Waals surface area contributed by atoms with Crippen molar-refractivity contribution >= 4 is 0 Å². The number of imidazole rings is 2. The maximum absolute atomic E-state index is 4.83. The molecule has 0 bridgehead atoms. The lowest BCUT2D eigenvalue weighted by Gasteiger charge is -2.01. The van der Waals surface area contributed by atoms with Crippen LogP contribution in [0.4, 0.5) is 0 Å². The second-order valence-electron chi connectivity index (χ2n) is 7.41. The van der Waals surface area contributed by atoms with Crippen molar-refractivity contribution in [1.29, 1.82) is 0 Å². The second-order valence-corrected chi connectivity index (χ2v) is 7.41. The van der Waals surface area contributed by atoms with Crippen LogP contribution in [0.1, 0.15) is 11.4 Å². The van der Waals surface area contributed by atoms with Crippen LogP contribution in [0.5, 0.6) is 0 Å². The molecule has 0 saturated carbocycles. The highest BCUT2D eigenvalue weighted by molar-refractivity contribution is 5.71. The van der Waals surface area contributed by atoms with E-state index in [-0.39, 0.29) is 0 Å². The molecule has 0 unspecified atom stereocenters. The molecule has 5 aromatic rings. The molecule has 0 radical (unpaired) electrons. The van der Waals surface area contributed by atoms with Crippen molar-refractivity contribution in [2.24, 2.45) is 0 Å². The predicted molar refractivity (Wildman–Crippen MR) is 122 cm³/mol. The topological polar surface area (TPSA) is 57.4 Å². The Morgan fingerprint density at radius 2 is 1.07 bits per heavy atom. The standard InChI is InChI=1S/C26H22N4/c1-17-23(19-9-5-3-6-10-19)29-25(27-17)21-13-15-22(16-14-21)26-28-18(2)24(30-26)20-11-7-4-8-12-20/h3-16H,1-2H3,(H,27,29)(H,28,30). The summed E-state index contributed by atoms with van der Waals surface area (Å²) in [5.41, 5.74) is 8.47. The Balaban J connectivity index is 1.45. The molecule has 0 spiro atoms. The third-order valence-electron chi connectivity index (χ3n) is 5.31. The number of nitrogens with zero attached hydrogens (tertiary/aromatic N) is 2. The number of hydrogen-bond acceptors (Lipinski definition) is 2. The molecule has 3 aromatic carbocycles. The highest BCUT2D eigenvalue weighted by atomic mass is 14.9. The molecule has 4 nitrogen and oxygen atoms in total. The summed E-state index contributed by atoms with van der Waals surface area (Å²) < 4.78 is 0. The number of benzene rings is 3. The lowest BCUT2D eigenvalue weighted by atomic mass is 10.1. The number of nitrogens with one attached hydrogen (secondary N) is 2. The normalized spacial score (nSPS) is 11.0. The van der Waals surface area contributed by atoms with E-state index >= 15 is 0 Å². The van der Waals surface area contributed by atoms with Crippen molar-refractivity contribution in [3.63, 3.8) is 0 Å². The summed E-state index contributed by atoms with van der Waals surface area (Å²) in [5, 5.41) is 0. The van der Waals surface area contributed by atoms with Gasteiger partial charge in [-0.25, -0.2) is 9.97 Å². The van der Waals surface area contributed by atoms with Crippen LogP contribution >= 0.6 is 0 Å².